The maximum Gasteiger partial charge on any atom is 0.251 e. The van der Waals surface area contributed by atoms with Gasteiger partial charge in [-0.05, 0) is 73.9 Å². The van der Waals surface area contributed by atoms with Crippen LogP contribution in [0.15, 0.2) is 97.5 Å². The van der Waals surface area contributed by atoms with E-state index in [0.717, 1.165) is 66.1 Å². The van der Waals surface area contributed by atoms with Gasteiger partial charge >= 0.3 is 0 Å². The highest BCUT2D eigenvalue weighted by Crippen LogP contribution is 2.33. The van der Waals surface area contributed by atoms with E-state index in [1.54, 1.807) is 28.3 Å². The van der Waals surface area contributed by atoms with Crippen molar-refractivity contribution in [3.05, 3.63) is 118 Å². The number of benzene rings is 2. The topological polar surface area (TPSA) is 147 Å². The summed E-state index contributed by atoms with van der Waals surface area (Å²) in [5.41, 5.74) is 4.33. The maximum absolute atomic E-state index is 13.0. The van der Waals surface area contributed by atoms with Crippen LogP contribution in [0, 0.1) is 0 Å². The van der Waals surface area contributed by atoms with Crippen molar-refractivity contribution >= 4 is 34.8 Å². The lowest BCUT2D eigenvalue weighted by atomic mass is 10.1. The fourth-order valence-electron chi connectivity index (χ4n) is 6.91. The molecule has 0 aliphatic carbocycles. The number of thiazole rings is 1. The summed E-state index contributed by atoms with van der Waals surface area (Å²) in [6.45, 7) is 5.35. The third-order valence-electron chi connectivity index (χ3n) is 9.87. The number of nitrogens with zero attached hydrogens (tertiary/aromatic N) is 9. The van der Waals surface area contributed by atoms with Crippen LogP contribution < -0.4 is 20.4 Å². The molecule has 6 aromatic rings. The van der Waals surface area contributed by atoms with E-state index < -0.39 is 0 Å². The number of carbonyl (C=O) groups excluding carboxylic acids is 2. The highest BCUT2D eigenvalue weighted by molar-refractivity contribution is 7.11. The highest BCUT2D eigenvalue weighted by Gasteiger charge is 2.27. The molecule has 274 valence electrons. The van der Waals surface area contributed by atoms with Crippen molar-refractivity contribution in [2.24, 2.45) is 0 Å². The summed E-state index contributed by atoms with van der Waals surface area (Å²) in [4.78, 5) is 36.2. The fourth-order valence-corrected chi connectivity index (χ4v) is 7.96. The summed E-state index contributed by atoms with van der Waals surface area (Å²) in [6.07, 6.45) is 9.61. The smallest absolute Gasteiger partial charge is 0.251 e. The van der Waals surface area contributed by atoms with Crippen molar-refractivity contribution in [3.63, 3.8) is 0 Å². The summed E-state index contributed by atoms with van der Waals surface area (Å²) in [5, 5.41) is 29.1. The molecular formula is C40H41N11O2S. The lowest BCUT2D eigenvalue weighted by Gasteiger charge is -2.16. The molecule has 6 heterocycles. The molecule has 2 fully saturated rings. The third-order valence-corrected chi connectivity index (χ3v) is 11.1. The van der Waals surface area contributed by atoms with Gasteiger partial charge in [0.05, 0.1) is 22.9 Å². The maximum atomic E-state index is 13.0. The molecule has 0 spiro atoms. The van der Waals surface area contributed by atoms with E-state index in [9.17, 15) is 9.59 Å². The minimum absolute atomic E-state index is 0.121. The lowest BCUT2D eigenvalue weighted by Crippen LogP contribution is -2.27. The van der Waals surface area contributed by atoms with E-state index in [4.69, 9.17) is 0 Å². The molecule has 2 aliphatic heterocycles. The van der Waals surface area contributed by atoms with E-state index in [0.29, 0.717) is 48.8 Å². The number of hydrogen-bond acceptors (Lipinski definition) is 11. The molecule has 13 nitrogen and oxygen atoms in total. The average molecular weight is 740 g/mol. The lowest BCUT2D eigenvalue weighted by molar-refractivity contribution is 0.0944. The van der Waals surface area contributed by atoms with Gasteiger partial charge < -0.3 is 20.4 Å². The first kappa shape index (κ1) is 35.0. The van der Waals surface area contributed by atoms with E-state index in [-0.39, 0.29) is 11.8 Å². The number of aromatic nitrogens is 7. The largest absolute Gasteiger partial charge is 0.355 e. The number of hydrogen-bond donors (Lipinski definition) is 2. The third kappa shape index (κ3) is 8.28. The normalized spacial score (nSPS) is 15.4. The number of anilines is 2. The molecule has 8 rings (SSSR count). The van der Waals surface area contributed by atoms with Gasteiger partial charge in [0.1, 0.15) is 0 Å². The van der Waals surface area contributed by atoms with Crippen molar-refractivity contribution in [1.82, 2.24) is 45.8 Å². The Labute approximate surface area is 317 Å². The van der Waals surface area contributed by atoms with Crippen LogP contribution >= 0.6 is 11.3 Å². The van der Waals surface area contributed by atoms with Crippen LogP contribution in [0.5, 0.6) is 0 Å². The number of rotatable bonds is 13. The summed E-state index contributed by atoms with van der Waals surface area (Å²) in [7, 11) is 0. The Morgan fingerprint density at radius 1 is 0.741 bits per heavy atom. The van der Waals surface area contributed by atoms with Gasteiger partial charge in [-0.1, -0.05) is 24.3 Å². The molecule has 2 aromatic carbocycles. The van der Waals surface area contributed by atoms with Gasteiger partial charge in [0.15, 0.2) is 11.6 Å². The Hall–Kier alpha value is -6.02. The molecule has 14 heteroatoms. The zero-order valence-corrected chi connectivity index (χ0v) is 30.7. The molecule has 1 unspecified atom stereocenters. The van der Waals surface area contributed by atoms with Gasteiger partial charge in [0, 0.05) is 97.3 Å². The quantitative estimate of drug-likeness (QED) is 0.161. The minimum atomic E-state index is -0.139. The van der Waals surface area contributed by atoms with Crippen LogP contribution in [-0.4, -0.2) is 86.2 Å². The Bertz CT molecular complexity index is 2180. The van der Waals surface area contributed by atoms with E-state index >= 15 is 0 Å². The van der Waals surface area contributed by atoms with Crippen molar-refractivity contribution in [1.29, 1.82) is 0 Å². The molecule has 2 N–H and O–H groups in total. The van der Waals surface area contributed by atoms with Crippen LogP contribution in [0.1, 0.15) is 55.8 Å². The second-order valence-corrected chi connectivity index (χ2v) is 14.7. The standard InChI is InChI=1S/C40H41N11O2S/c52-39(30-8-3-6-28(24-30)33-10-12-36(47-45-33)49-19-1-2-20-49)41-17-14-38-43-26-35(54-38)32-15-22-50(27-32)37-13-11-34(46-48-37)29-7-4-9-31(25-29)40(53)42-18-23-51-21-5-16-44-51/h3-13,16,21,24-26,32H,1-2,14-15,17-20,22-23,27H2,(H,41,52)(H,42,53). The molecule has 2 amide bonds. The predicted octanol–water partition coefficient (Wildman–Crippen LogP) is 5.25. The van der Waals surface area contributed by atoms with Crippen LogP contribution in [0.25, 0.3) is 22.5 Å². The first-order chi connectivity index (χ1) is 26.6. The van der Waals surface area contributed by atoms with Crippen LogP contribution in [0.3, 0.4) is 0 Å². The van der Waals surface area contributed by atoms with E-state index in [2.05, 4.69) is 50.9 Å². The predicted molar refractivity (Wildman–Crippen MR) is 209 cm³/mol. The van der Waals surface area contributed by atoms with E-state index in [1.165, 1.54) is 17.7 Å². The summed E-state index contributed by atoms with van der Waals surface area (Å²) in [6, 6.07) is 24.8. The second kappa shape index (κ2) is 16.3. The SMILES string of the molecule is O=C(NCCc1ncc(C2CCN(c3ccc(-c4cccc(C(=O)NCCn5cccn5)c4)nn3)C2)s1)c1cccc(-c2ccc(N3CCCC3)nn2)c1. The van der Waals surface area contributed by atoms with Gasteiger partial charge in [-0.2, -0.15) is 5.10 Å². The van der Waals surface area contributed by atoms with Gasteiger partial charge in [0.25, 0.3) is 11.8 Å². The minimum Gasteiger partial charge on any atom is -0.355 e. The number of amides is 2. The first-order valence-electron chi connectivity index (χ1n) is 18.4. The van der Waals surface area contributed by atoms with Crippen LogP contribution in [0.4, 0.5) is 11.6 Å². The zero-order chi connectivity index (χ0) is 36.7. The Morgan fingerprint density at radius 2 is 1.41 bits per heavy atom. The average Bonchev–Trinajstić information content (AvgIpc) is 4.07. The molecule has 54 heavy (non-hydrogen) atoms. The van der Waals surface area contributed by atoms with Gasteiger partial charge in [-0.3, -0.25) is 14.3 Å². The number of nitrogens with one attached hydrogen (secondary N) is 2. The monoisotopic (exact) mass is 739 g/mol. The molecule has 0 saturated carbocycles. The summed E-state index contributed by atoms with van der Waals surface area (Å²) >= 11 is 1.71. The zero-order valence-electron chi connectivity index (χ0n) is 29.8. The van der Waals surface area contributed by atoms with Crippen LogP contribution in [0.2, 0.25) is 0 Å². The van der Waals surface area contributed by atoms with Crippen LogP contribution in [-0.2, 0) is 13.0 Å². The Morgan fingerprint density at radius 3 is 2.04 bits per heavy atom. The van der Waals surface area contributed by atoms with E-state index in [1.807, 2.05) is 85.2 Å². The second-order valence-electron chi connectivity index (χ2n) is 13.5. The van der Waals surface area contributed by atoms with Crippen molar-refractivity contribution in [2.75, 3.05) is 49.1 Å². The van der Waals surface area contributed by atoms with Crippen molar-refractivity contribution in [3.8, 4) is 22.5 Å². The molecule has 1 atom stereocenters. The Balaban J connectivity index is 0.804. The summed E-state index contributed by atoms with van der Waals surface area (Å²) in [5.74, 6) is 1.83. The van der Waals surface area contributed by atoms with Crippen molar-refractivity contribution in [2.45, 2.75) is 38.1 Å². The molecule has 4 aromatic heterocycles. The molecule has 2 saturated heterocycles. The Kier molecular flexibility index (Phi) is 10.6. The van der Waals surface area contributed by atoms with Gasteiger partial charge in [-0.15, -0.1) is 31.7 Å². The molecule has 0 radical (unpaired) electrons. The highest BCUT2D eigenvalue weighted by atomic mass is 32.1. The first-order valence-corrected chi connectivity index (χ1v) is 19.2. The molecule has 0 bridgehead atoms. The summed E-state index contributed by atoms with van der Waals surface area (Å²) < 4.78 is 1.78. The fraction of sp³-hybridized carbons (Fsp3) is 0.300. The van der Waals surface area contributed by atoms with Gasteiger partial charge in [-0.25, -0.2) is 4.98 Å². The molecular weight excluding hydrogens is 699 g/mol. The van der Waals surface area contributed by atoms with Crippen molar-refractivity contribution < 1.29 is 9.59 Å². The van der Waals surface area contributed by atoms with Gasteiger partial charge in [0.2, 0.25) is 0 Å². The molecule has 2 aliphatic rings. The number of carbonyl (C=O) groups is 2.